The second kappa shape index (κ2) is 10.2. The first-order valence-electron chi connectivity index (χ1n) is 10.9. The number of H-pyrrole nitrogens is 1. The Morgan fingerprint density at radius 2 is 2.03 bits per heavy atom. The molecule has 1 aromatic heterocycles. The third-order valence-corrected chi connectivity index (χ3v) is 5.99. The van der Waals surface area contributed by atoms with Crippen LogP contribution in [-0.4, -0.2) is 46.2 Å². The predicted octanol–water partition coefficient (Wildman–Crippen LogP) is 2.99. The average molecular weight is 453 g/mol. The Morgan fingerprint density at radius 1 is 1.22 bits per heavy atom. The molecule has 2 N–H and O–H groups in total. The highest BCUT2D eigenvalue weighted by Crippen LogP contribution is 2.12. The van der Waals surface area contributed by atoms with Gasteiger partial charge in [0.05, 0.1) is 23.6 Å². The molecule has 0 saturated carbocycles. The van der Waals surface area contributed by atoms with Gasteiger partial charge in [-0.3, -0.25) is 19.1 Å². The maximum absolute atomic E-state index is 12.7. The van der Waals surface area contributed by atoms with Crippen molar-refractivity contribution in [1.29, 1.82) is 0 Å². The number of ether oxygens (including phenoxy) is 1. The minimum absolute atomic E-state index is 0.119. The summed E-state index contributed by atoms with van der Waals surface area (Å²) in [6.45, 7) is 6.28. The quantitative estimate of drug-likeness (QED) is 0.539. The summed E-state index contributed by atoms with van der Waals surface area (Å²) in [5.41, 5.74) is 2.80. The molecular formula is C24H28N4O3S. The SMILES string of the molecule is CC1CN(Cc2cccc(CNC(=O)CCn3c(=S)[nH]c4ccccc4c3=O)c2)CCO1. The smallest absolute Gasteiger partial charge is 0.262 e. The molecule has 168 valence electrons. The second-order valence-electron chi connectivity index (χ2n) is 8.20. The summed E-state index contributed by atoms with van der Waals surface area (Å²) >= 11 is 5.31. The number of para-hydroxylation sites is 1. The van der Waals surface area contributed by atoms with Crippen LogP contribution in [-0.2, 0) is 29.2 Å². The molecule has 2 aromatic carbocycles. The highest BCUT2D eigenvalue weighted by atomic mass is 32.1. The van der Waals surface area contributed by atoms with Gasteiger partial charge in [0.25, 0.3) is 5.56 Å². The Morgan fingerprint density at radius 3 is 2.88 bits per heavy atom. The first kappa shape index (κ1) is 22.4. The minimum Gasteiger partial charge on any atom is -0.376 e. The van der Waals surface area contributed by atoms with Crippen molar-refractivity contribution in [2.75, 3.05) is 19.7 Å². The highest BCUT2D eigenvalue weighted by Gasteiger charge is 2.16. The van der Waals surface area contributed by atoms with Gasteiger partial charge in [-0.25, -0.2) is 0 Å². The van der Waals surface area contributed by atoms with E-state index in [4.69, 9.17) is 17.0 Å². The van der Waals surface area contributed by atoms with E-state index >= 15 is 0 Å². The van der Waals surface area contributed by atoms with Crippen molar-refractivity contribution in [2.45, 2.75) is 39.1 Å². The fourth-order valence-corrected chi connectivity index (χ4v) is 4.32. The molecule has 1 fully saturated rings. The van der Waals surface area contributed by atoms with Crippen molar-refractivity contribution in [2.24, 2.45) is 0 Å². The van der Waals surface area contributed by atoms with Gasteiger partial charge >= 0.3 is 0 Å². The first-order chi connectivity index (χ1) is 15.5. The van der Waals surface area contributed by atoms with Gasteiger partial charge in [0.1, 0.15) is 0 Å². The van der Waals surface area contributed by atoms with Gasteiger partial charge in [0, 0.05) is 39.1 Å². The van der Waals surface area contributed by atoms with Crippen molar-refractivity contribution in [3.8, 4) is 0 Å². The number of nitrogens with zero attached hydrogens (tertiary/aromatic N) is 2. The molecule has 1 aliphatic heterocycles. The summed E-state index contributed by atoms with van der Waals surface area (Å²) in [6, 6.07) is 15.5. The van der Waals surface area contributed by atoms with Crippen LogP contribution in [0.25, 0.3) is 10.9 Å². The summed E-state index contributed by atoms with van der Waals surface area (Å²) in [6.07, 6.45) is 0.440. The first-order valence-corrected chi connectivity index (χ1v) is 11.3. The monoisotopic (exact) mass is 452 g/mol. The summed E-state index contributed by atoms with van der Waals surface area (Å²) in [4.78, 5) is 30.6. The zero-order chi connectivity index (χ0) is 22.5. The van der Waals surface area contributed by atoms with Crippen LogP contribution in [0.2, 0.25) is 0 Å². The van der Waals surface area contributed by atoms with Crippen LogP contribution in [0.1, 0.15) is 24.5 Å². The molecule has 0 radical (unpaired) electrons. The molecule has 8 heteroatoms. The number of nitrogens with one attached hydrogen (secondary N) is 2. The molecule has 7 nitrogen and oxygen atoms in total. The number of fused-ring (bicyclic) bond motifs is 1. The van der Waals surface area contributed by atoms with Crippen LogP contribution in [0.4, 0.5) is 0 Å². The van der Waals surface area contributed by atoms with Crippen LogP contribution in [0.15, 0.2) is 53.3 Å². The number of carbonyl (C=O) groups excluding carboxylic acids is 1. The lowest BCUT2D eigenvalue weighted by molar-refractivity contribution is -0.121. The molecule has 2 heterocycles. The summed E-state index contributed by atoms with van der Waals surface area (Å²) in [7, 11) is 0. The van der Waals surface area contributed by atoms with Crippen molar-refractivity contribution in [1.82, 2.24) is 19.8 Å². The molecule has 0 spiro atoms. The third kappa shape index (κ3) is 5.51. The summed E-state index contributed by atoms with van der Waals surface area (Å²) in [5, 5.41) is 3.51. The van der Waals surface area contributed by atoms with Crippen LogP contribution < -0.4 is 10.9 Å². The van der Waals surface area contributed by atoms with Gasteiger partial charge in [-0.1, -0.05) is 36.4 Å². The van der Waals surface area contributed by atoms with Crippen LogP contribution in [0.5, 0.6) is 0 Å². The molecule has 0 bridgehead atoms. The number of benzene rings is 2. The van der Waals surface area contributed by atoms with Gasteiger partial charge < -0.3 is 15.0 Å². The minimum atomic E-state index is -0.178. The van der Waals surface area contributed by atoms with E-state index in [1.165, 1.54) is 10.1 Å². The topological polar surface area (TPSA) is 79.4 Å². The zero-order valence-corrected chi connectivity index (χ0v) is 19.0. The van der Waals surface area contributed by atoms with Gasteiger partial charge in [-0.2, -0.15) is 0 Å². The normalized spacial score (nSPS) is 16.8. The van der Waals surface area contributed by atoms with Crippen molar-refractivity contribution < 1.29 is 9.53 Å². The molecule has 0 aliphatic carbocycles. The number of hydrogen-bond acceptors (Lipinski definition) is 5. The third-order valence-electron chi connectivity index (χ3n) is 5.66. The van der Waals surface area contributed by atoms with Crippen molar-refractivity contribution in [3.63, 3.8) is 0 Å². The van der Waals surface area contributed by atoms with E-state index in [1.54, 1.807) is 6.07 Å². The summed E-state index contributed by atoms with van der Waals surface area (Å²) in [5.74, 6) is -0.119. The molecule has 4 rings (SSSR count). The Hall–Kier alpha value is -2.81. The number of hydrogen-bond donors (Lipinski definition) is 2. The lowest BCUT2D eigenvalue weighted by Crippen LogP contribution is -2.40. The standard InChI is InChI=1S/C24H28N4O3S/c1-17-15-27(11-12-31-17)16-19-6-4-5-18(13-19)14-25-22(29)9-10-28-23(30)20-7-2-3-8-21(20)26-24(28)32/h2-8,13,17H,9-12,14-16H2,1H3,(H,25,29)(H,26,32). The van der Waals surface area contributed by atoms with E-state index in [1.807, 2.05) is 30.3 Å². The number of rotatable bonds is 7. The number of carbonyl (C=O) groups is 1. The maximum atomic E-state index is 12.7. The van der Waals surface area contributed by atoms with Crippen LogP contribution in [0, 0.1) is 4.77 Å². The fourth-order valence-electron chi connectivity index (χ4n) is 4.03. The molecule has 1 amide bonds. The predicted molar refractivity (Wildman–Crippen MR) is 127 cm³/mol. The lowest BCUT2D eigenvalue weighted by Gasteiger charge is -2.31. The molecular weight excluding hydrogens is 424 g/mol. The van der Waals surface area contributed by atoms with Gasteiger partial charge in [-0.15, -0.1) is 0 Å². The number of aromatic nitrogens is 2. The molecule has 32 heavy (non-hydrogen) atoms. The largest absolute Gasteiger partial charge is 0.376 e. The highest BCUT2D eigenvalue weighted by molar-refractivity contribution is 7.71. The Balaban J connectivity index is 1.32. The molecule has 3 aromatic rings. The number of amides is 1. The number of aromatic amines is 1. The zero-order valence-electron chi connectivity index (χ0n) is 18.2. The van der Waals surface area contributed by atoms with Crippen LogP contribution >= 0.6 is 12.2 Å². The molecule has 1 atom stereocenters. The lowest BCUT2D eigenvalue weighted by atomic mass is 10.1. The molecule has 1 saturated heterocycles. The molecule has 1 unspecified atom stereocenters. The van der Waals surface area contributed by atoms with E-state index in [2.05, 4.69) is 34.3 Å². The fraction of sp³-hybridized carbons (Fsp3) is 0.375. The average Bonchev–Trinajstić information content (AvgIpc) is 2.78. The van der Waals surface area contributed by atoms with E-state index in [-0.39, 0.29) is 30.5 Å². The Kier molecular flexibility index (Phi) is 7.14. The van der Waals surface area contributed by atoms with Gasteiger partial charge in [0.15, 0.2) is 4.77 Å². The van der Waals surface area contributed by atoms with E-state index < -0.39 is 0 Å². The van der Waals surface area contributed by atoms with Gasteiger partial charge in [-0.05, 0) is 42.4 Å². The molecule has 1 aliphatic rings. The maximum Gasteiger partial charge on any atom is 0.262 e. The van der Waals surface area contributed by atoms with E-state index in [0.29, 0.717) is 22.2 Å². The Bertz CT molecular complexity index is 1220. The number of morpholine rings is 1. The van der Waals surface area contributed by atoms with E-state index in [9.17, 15) is 9.59 Å². The summed E-state index contributed by atoms with van der Waals surface area (Å²) < 4.78 is 7.38. The Labute approximate surface area is 192 Å². The van der Waals surface area contributed by atoms with Crippen LogP contribution in [0.3, 0.4) is 0 Å². The van der Waals surface area contributed by atoms with E-state index in [0.717, 1.165) is 31.8 Å². The van der Waals surface area contributed by atoms with Crippen molar-refractivity contribution >= 4 is 29.0 Å². The van der Waals surface area contributed by atoms with Gasteiger partial charge in [0.2, 0.25) is 5.91 Å². The van der Waals surface area contributed by atoms with Crippen molar-refractivity contribution in [3.05, 3.63) is 74.8 Å². The second-order valence-corrected chi connectivity index (χ2v) is 8.58.